The fourth-order valence-electron chi connectivity index (χ4n) is 2.63. The van der Waals surface area contributed by atoms with Gasteiger partial charge in [-0.2, -0.15) is 8.75 Å². The van der Waals surface area contributed by atoms with E-state index in [2.05, 4.69) is 14.1 Å². The van der Waals surface area contributed by atoms with Gasteiger partial charge in [0.25, 0.3) is 0 Å². The second-order valence-corrected chi connectivity index (χ2v) is 6.24. The summed E-state index contributed by atoms with van der Waals surface area (Å²) in [6.07, 6.45) is 3.39. The van der Waals surface area contributed by atoms with Gasteiger partial charge in [0, 0.05) is 13.1 Å². The Bertz CT molecular complexity index is 653. The first-order valence-electron chi connectivity index (χ1n) is 7.13. The van der Waals surface area contributed by atoms with E-state index in [-0.39, 0.29) is 11.9 Å². The number of carbonyl (C=O) groups excluding carboxylic acids is 1. The second-order valence-electron chi connectivity index (χ2n) is 5.31. The van der Waals surface area contributed by atoms with Crippen LogP contribution < -0.4 is 5.32 Å². The van der Waals surface area contributed by atoms with Crippen LogP contribution in [0.4, 0.5) is 5.69 Å². The number of fused-ring (bicyclic) bond motifs is 1. The molecule has 1 aliphatic heterocycles. The van der Waals surface area contributed by atoms with Gasteiger partial charge >= 0.3 is 0 Å². The largest absolute Gasteiger partial charge is 0.371 e. The monoisotopic (exact) mass is 324 g/mol. The fourth-order valence-corrected chi connectivity index (χ4v) is 3.38. The molecule has 0 spiro atoms. The summed E-state index contributed by atoms with van der Waals surface area (Å²) in [4.78, 5) is 14.4. The highest BCUT2D eigenvalue weighted by Crippen LogP contribution is 2.30. The number of likely N-dealkylation sites (tertiary alicyclic amines) is 1. The number of aromatic nitrogens is 2. The Labute approximate surface area is 132 Å². The summed E-state index contributed by atoms with van der Waals surface area (Å²) < 4.78 is 8.46. The number of piperidine rings is 1. The van der Waals surface area contributed by atoms with Crippen LogP contribution in [0.5, 0.6) is 0 Å². The summed E-state index contributed by atoms with van der Waals surface area (Å²) in [5.74, 6) is 0.117. The molecule has 112 valence electrons. The van der Waals surface area contributed by atoms with Gasteiger partial charge < -0.3 is 10.2 Å². The van der Waals surface area contributed by atoms with Crippen molar-refractivity contribution in [1.29, 1.82) is 0 Å². The first-order chi connectivity index (χ1) is 10.2. The summed E-state index contributed by atoms with van der Waals surface area (Å²) in [5, 5.41) is 3.78. The maximum Gasteiger partial charge on any atom is 0.244 e. The van der Waals surface area contributed by atoms with Gasteiger partial charge in [-0.3, -0.25) is 4.79 Å². The smallest absolute Gasteiger partial charge is 0.244 e. The molecule has 1 aromatic heterocycles. The van der Waals surface area contributed by atoms with Crippen LogP contribution in [0.25, 0.3) is 11.0 Å². The van der Waals surface area contributed by atoms with Crippen molar-refractivity contribution in [2.45, 2.75) is 32.2 Å². The van der Waals surface area contributed by atoms with Crippen molar-refractivity contribution < 1.29 is 4.79 Å². The minimum Gasteiger partial charge on any atom is -0.371 e. The van der Waals surface area contributed by atoms with Crippen LogP contribution in [0.2, 0.25) is 5.02 Å². The number of hydrogen-bond donors (Lipinski definition) is 1. The zero-order valence-electron chi connectivity index (χ0n) is 11.8. The Morgan fingerprint density at radius 2 is 2.10 bits per heavy atom. The summed E-state index contributed by atoms with van der Waals surface area (Å²) in [7, 11) is 0. The van der Waals surface area contributed by atoms with Crippen LogP contribution in [0, 0.1) is 0 Å². The third-order valence-electron chi connectivity index (χ3n) is 3.78. The molecule has 1 fully saturated rings. The molecule has 5 nitrogen and oxygen atoms in total. The minimum atomic E-state index is -0.326. The Kier molecular flexibility index (Phi) is 4.26. The molecule has 1 unspecified atom stereocenters. The lowest BCUT2D eigenvalue weighted by molar-refractivity contribution is -0.132. The first kappa shape index (κ1) is 14.5. The molecule has 2 heterocycles. The summed E-state index contributed by atoms with van der Waals surface area (Å²) in [6, 6.07) is 3.29. The molecule has 0 bridgehead atoms. The average molecular weight is 325 g/mol. The van der Waals surface area contributed by atoms with Gasteiger partial charge in [-0.1, -0.05) is 11.6 Å². The van der Waals surface area contributed by atoms with E-state index in [1.807, 2.05) is 17.9 Å². The van der Waals surface area contributed by atoms with Crippen LogP contribution in [-0.2, 0) is 4.79 Å². The SMILES string of the molecule is CC(Nc1c(Cl)ccc2nsnc12)C(=O)N1CCCCC1. The average Bonchev–Trinajstić information content (AvgIpc) is 2.99. The molecule has 0 aliphatic carbocycles. The Morgan fingerprint density at radius 1 is 1.33 bits per heavy atom. The Balaban J connectivity index is 1.79. The molecule has 0 radical (unpaired) electrons. The van der Waals surface area contributed by atoms with E-state index in [0.29, 0.717) is 10.7 Å². The normalized spacial score (nSPS) is 17.0. The number of carbonyl (C=O) groups is 1. The number of nitrogens with one attached hydrogen (secondary N) is 1. The molecule has 3 rings (SSSR count). The van der Waals surface area contributed by atoms with Crippen molar-refractivity contribution >= 4 is 46.0 Å². The van der Waals surface area contributed by atoms with Crippen LogP contribution in [-0.4, -0.2) is 38.7 Å². The van der Waals surface area contributed by atoms with E-state index < -0.39 is 0 Å². The van der Waals surface area contributed by atoms with E-state index in [4.69, 9.17) is 11.6 Å². The predicted molar refractivity (Wildman–Crippen MR) is 85.9 cm³/mol. The Morgan fingerprint density at radius 3 is 2.86 bits per heavy atom. The highest BCUT2D eigenvalue weighted by Gasteiger charge is 2.23. The quantitative estimate of drug-likeness (QED) is 0.942. The maximum atomic E-state index is 12.5. The summed E-state index contributed by atoms with van der Waals surface area (Å²) in [6.45, 7) is 3.56. The van der Waals surface area contributed by atoms with Gasteiger partial charge in [0.05, 0.1) is 22.4 Å². The van der Waals surface area contributed by atoms with E-state index in [9.17, 15) is 4.79 Å². The predicted octanol–water partition coefficient (Wildman–Crippen LogP) is 3.16. The van der Waals surface area contributed by atoms with Crippen molar-refractivity contribution in [1.82, 2.24) is 13.6 Å². The van der Waals surface area contributed by atoms with Crippen molar-refractivity contribution in [3.8, 4) is 0 Å². The molecule has 1 aliphatic rings. The highest BCUT2D eigenvalue weighted by molar-refractivity contribution is 7.00. The number of amides is 1. The molecule has 1 saturated heterocycles. The number of benzene rings is 1. The van der Waals surface area contributed by atoms with Gasteiger partial charge in [0.2, 0.25) is 5.91 Å². The van der Waals surface area contributed by atoms with Gasteiger partial charge in [0.1, 0.15) is 17.1 Å². The topological polar surface area (TPSA) is 58.1 Å². The molecular weight excluding hydrogens is 308 g/mol. The van der Waals surface area contributed by atoms with Gasteiger partial charge in [0.15, 0.2) is 0 Å². The van der Waals surface area contributed by atoms with Crippen LogP contribution in [0.3, 0.4) is 0 Å². The third-order valence-corrected chi connectivity index (χ3v) is 4.63. The van der Waals surface area contributed by atoms with Gasteiger partial charge in [-0.05, 0) is 38.3 Å². The zero-order valence-corrected chi connectivity index (χ0v) is 13.4. The molecular formula is C14H17ClN4OS. The number of rotatable bonds is 3. The number of anilines is 1. The first-order valence-corrected chi connectivity index (χ1v) is 8.24. The lowest BCUT2D eigenvalue weighted by atomic mass is 10.1. The highest BCUT2D eigenvalue weighted by atomic mass is 35.5. The maximum absolute atomic E-state index is 12.5. The van der Waals surface area contributed by atoms with Crippen LogP contribution in [0.1, 0.15) is 26.2 Å². The molecule has 2 aromatic rings. The molecule has 1 amide bonds. The van der Waals surface area contributed by atoms with E-state index >= 15 is 0 Å². The number of nitrogens with zero attached hydrogens (tertiary/aromatic N) is 3. The molecule has 0 saturated carbocycles. The van der Waals surface area contributed by atoms with Crippen molar-refractivity contribution in [3.63, 3.8) is 0 Å². The zero-order chi connectivity index (χ0) is 14.8. The van der Waals surface area contributed by atoms with E-state index in [1.165, 1.54) is 6.42 Å². The molecule has 1 atom stereocenters. The van der Waals surface area contributed by atoms with E-state index in [1.54, 1.807) is 6.07 Å². The van der Waals surface area contributed by atoms with Gasteiger partial charge in [-0.15, -0.1) is 0 Å². The third kappa shape index (κ3) is 2.96. The van der Waals surface area contributed by atoms with Crippen LogP contribution >= 0.6 is 23.3 Å². The fraction of sp³-hybridized carbons (Fsp3) is 0.500. The Hall–Kier alpha value is -1.40. The van der Waals surface area contributed by atoms with Crippen molar-refractivity contribution in [2.75, 3.05) is 18.4 Å². The summed E-state index contributed by atoms with van der Waals surface area (Å²) in [5.41, 5.74) is 2.22. The second kappa shape index (κ2) is 6.15. The van der Waals surface area contributed by atoms with Gasteiger partial charge in [-0.25, -0.2) is 0 Å². The summed E-state index contributed by atoms with van der Waals surface area (Å²) >= 11 is 7.39. The molecule has 21 heavy (non-hydrogen) atoms. The number of hydrogen-bond acceptors (Lipinski definition) is 5. The van der Waals surface area contributed by atoms with E-state index in [0.717, 1.165) is 48.7 Å². The lowest BCUT2D eigenvalue weighted by Gasteiger charge is -2.29. The lowest BCUT2D eigenvalue weighted by Crippen LogP contribution is -2.43. The van der Waals surface area contributed by atoms with Crippen LogP contribution in [0.15, 0.2) is 12.1 Å². The standard InChI is InChI=1S/C14H17ClN4OS/c1-9(14(20)19-7-3-2-4-8-19)16-12-10(15)5-6-11-13(12)18-21-17-11/h5-6,9,16H,2-4,7-8H2,1H3. The number of halogens is 1. The minimum absolute atomic E-state index is 0.117. The molecule has 1 aromatic carbocycles. The molecule has 7 heteroatoms. The van der Waals surface area contributed by atoms with Crippen molar-refractivity contribution in [3.05, 3.63) is 17.2 Å². The molecule has 1 N–H and O–H groups in total. The van der Waals surface area contributed by atoms with Crippen molar-refractivity contribution in [2.24, 2.45) is 0 Å².